The number of esters is 1. The Morgan fingerprint density at radius 2 is 1.78 bits per heavy atom. The molecule has 0 unspecified atom stereocenters. The van der Waals surface area contributed by atoms with Gasteiger partial charge in [0.25, 0.3) is 0 Å². The summed E-state index contributed by atoms with van der Waals surface area (Å²) >= 11 is 0. The highest BCUT2D eigenvalue weighted by atomic mass is 16.6. The van der Waals surface area contributed by atoms with Gasteiger partial charge in [-0.15, -0.1) is 0 Å². The third-order valence-corrected chi connectivity index (χ3v) is 17.2. The van der Waals surface area contributed by atoms with Crippen molar-refractivity contribution in [1.82, 2.24) is 9.80 Å². The number of epoxide rings is 2. The zero-order valence-corrected chi connectivity index (χ0v) is 32.2. The number of methoxy groups -OCH3 is 3. The Labute approximate surface area is 316 Å². The lowest BCUT2D eigenvalue weighted by Crippen LogP contribution is -2.66. The maximum Gasteiger partial charge on any atom is 0.335 e. The number of phenolic OH excluding ortho intramolecular Hbond substituents is 1. The van der Waals surface area contributed by atoms with Crippen molar-refractivity contribution in [2.75, 3.05) is 58.2 Å². The molecule has 11 heteroatoms. The molecule has 8 aliphatic heterocycles. The molecular formula is C43H52N4O7. The molecule has 2 aliphatic carbocycles. The first-order valence-corrected chi connectivity index (χ1v) is 20.4. The van der Waals surface area contributed by atoms with Crippen LogP contribution in [0.5, 0.6) is 17.2 Å². The lowest BCUT2D eigenvalue weighted by atomic mass is 9.52. The van der Waals surface area contributed by atoms with E-state index in [1.54, 1.807) is 19.8 Å². The monoisotopic (exact) mass is 736 g/mol. The predicted octanol–water partition coefficient (Wildman–Crippen LogP) is 5.00. The minimum atomic E-state index is -0.598. The molecule has 10 aliphatic rings. The number of nitrogens with zero attached hydrogens (tertiary/aromatic N) is 3. The molecule has 286 valence electrons. The number of carbonyl (C=O) groups excluding carboxylic acids is 1. The summed E-state index contributed by atoms with van der Waals surface area (Å²) in [6, 6.07) is 10.4. The summed E-state index contributed by atoms with van der Waals surface area (Å²) in [5.41, 5.74) is 6.93. The van der Waals surface area contributed by atoms with Crippen LogP contribution in [0.2, 0.25) is 0 Å². The molecule has 7 fully saturated rings. The van der Waals surface area contributed by atoms with Crippen LogP contribution in [0.3, 0.4) is 0 Å². The number of hydrogen-bond donors (Lipinski definition) is 2. The number of hydrogen-bond acceptors (Lipinski definition) is 11. The molecule has 1 saturated carbocycles. The zero-order valence-electron chi connectivity index (χ0n) is 32.2. The second-order valence-electron chi connectivity index (χ2n) is 18.3. The van der Waals surface area contributed by atoms with Gasteiger partial charge >= 0.3 is 5.97 Å². The molecular weight excluding hydrogens is 684 g/mol. The van der Waals surface area contributed by atoms with Crippen LogP contribution >= 0.6 is 0 Å². The maximum absolute atomic E-state index is 13.8. The molecule has 54 heavy (non-hydrogen) atoms. The summed E-state index contributed by atoms with van der Waals surface area (Å²) in [5, 5.41) is 15.1. The Morgan fingerprint density at radius 3 is 2.54 bits per heavy atom. The Hall–Kier alpha value is -3.51. The van der Waals surface area contributed by atoms with Crippen LogP contribution < -0.4 is 19.7 Å². The van der Waals surface area contributed by atoms with Gasteiger partial charge in [0.05, 0.1) is 62.4 Å². The fourth-order valence-corrected chi connectivity index (χ4v) is 15.3. The van der Waals surface area contributed by atoms with E-state index in [0.29, 0.717) is 42.0 Å². The number of piperidine rings is 2. The Morgan fingerprint density at radius 1 is 0.963 bits per heavy atom. The molecule has 0 aromatic heterocycles. The second-order valence-corrected chi connectivity index (χ2v) is 18.3. The summed E-state index contributed by atoms with van der Waals surface area (Å²) in [6.07, 6.45) is 7.89. The number of aromatic hydroxyl groups is 1. The minimum Gasteiger partial charge on any atom is -0.504 e. The molecule has 0 bridgehead atoms. The number of ether oxygens (including phenoxy) is 5. The van der Waals surface area contributed by atoms with Crippen LogP contribution in [0.15, 0.2) is 35.5 Å². The van der Waals surface area contributed by atoms with Crippen LogP contribution in [0.4, 0.5) is 11.4 Å². The highest BCUT2D eigenvalue weighted by Crippen LogP contribution is 2.73. The number of rotatable bonds is 6. The molecule has 2 N–H and O–H groups in total. The van der Waals surface area contributed by atoms with E-state index in [4.69, 9.17) is 23.7 Å². The van der Waals surface area contributed by atoms with E-state index in [9.17, 15) is 9.90 Å². The largest absolute Gasteiger partial charge is 0.504 e. The highest BCUT2D eigenvalue weighted by molar-refractivity contribution is 5.94. The molecule has 8 heterocycles. The van der Waals surface area contributed by atoms with E-state index in [1.165, 1.54) is 44.0 Å². The standard InChI is InChI=1S/C43H52N4O7/c1-7-40-12-11-28-42(13-15-46(38(40)42)20-27-35(40)53-27)23-17-21(9-10-25(23)45(28)3)30-33-36(54-33)41(8-2)19-22(37(49)52-6)34-43(14-16-47(30)39(41)43)24-18-26(48)31(50-4)32(51-5)29(24)44-34/h9-10,17-18,27-28,30,33,35-36,38-39,44,48H,7-8,11-16,19-20H2,1-6H3/t27-,28+,30-,33-,35-,36-,38+,39+,40-,41-,42+,43+/m1/s1. The lowest BCUT2D eigenvalue weighted by Gasteiger charge is -2.57. The summed E-state index contributed by atoms with van der Waals surface area (Å²) in [6.45, 7) is 7.73. The van der Waals surface area contributed by atoms with Crippen molar-refractivity contribution in [1.29, 1.82) is 0 Å². The predicted molar refractivity (Wildman–Crippen MR) is 200 cm³/mol. The SMILES string of the molecule is CC[C@@]12CC[C@@H]3N(C)c4ccc([C@@H]5[C@H]6O[C@H]6[C@@]6(CC)CC(C(=O)OC)=C7Nc8c(cc(O)c(OC)c8OC)[C@@]78CCN5[C@@H]68)cc4[C@@]34CCN(C[C@H]3O[C@H]31)[C@@H]24. The Bertz CT molecular complexity index is 2090. The van der Waals surface area contributed by atoms with Crippen molar-refractivity contribution < 1.29 is 33.6 Å². The molecule has 0 amide bonds. The van der Waals surface area contributed by atoms with Crippen molar-refractivity contribution in [3.63, 3.8) is 0 Å². The molecule has 12 rings (SSSR count). The molecule has 2 aromatic carbocycles. The van der Waals surface area contributed by atoms with Crippen LogP contribution in [0.25, 0.3) is 0 Å². The smallest absolute Gasteiger partial charge is 0.335 e. The van der Waals surface area contributed by atoms with Crippen molar-refractivity contribution in [2.45, 2.75) is 118 Å². The van der Waals surface area contributed by atoms with Crippen LogP contribution in [-0.2, 0) is 29.8 Å². The van der Waals surface area contributed by atoms with Gasteiger partial charge in [0, 0.05) is 65.9 Å². The first-order chi connectivity index (χ1) is 26.2. The fourth-order valence-electron chi connectivity index (χ4n) is 15.3. The van der Waals surface area contributed by atoms with E-state index < -0.39 is 5.41 Å². The molecule has 2 spiro atoms. The number of fused-ring (bicyclic) bond motifs is 6. The average Bonchev–Trinajstić information content (AvgIpc) is 4.03. The van der Waals surface area contributed by atoms with Crippen LogP contribution in [-0.4, -0.2) is 111 Å². The first-order valence-electron chi connectivity index (χ1n) is 20.4. The van der Waals surface area contributed by atoms with Gasteiger partial charge in [-0.1, -0.05) is 26.0 Å². The topological polar surface area (TPSA) is 112 Å². The third kappa shape index (κ3) is 3.36. The van der Waals surface area contributed by atoms with Crippen LogP contribution in [0, 0.1) is 10.8 Å². The van der Waals surface area contributed by atoms with E-state index in [0.717, 1.165) is 49.4 Å². The third-order valence-electron chi connectivity index (χ3n) is 17.2. The zero-order chi connectivity index (χ0) is 36.8. The molecule has 12 atom stereocenters. The van der Waals surface area contributed by atoms with Gasteiger partial charge in [0.2, 0.25) is 5.75 Å². The van der Waals surface area contributed by atoms with Gasteiger partial charge in [-0.25, -0.2) is 4.79 Å². The second kappa shape index (κ2) is 10.3. The summed E-state index contributed by atoms with van der Waals surface area (Å²) < 4.78 is 30.5. The van der Waals surface area contributed by atoms with E-state index in [1.807, 2.05) is 6.07 Å². The normalized spacial score (nSPS) is 43.9. The highest BCUT2D eigenvalue weighted by Gasteiger charge is 2.78. The number of anilines is 2. The maximum atomic E-state index is 13.8. The summed E-state index contributed by atoms with van der Waals surface area (Å²) in [7, 11) is 6.96. The molecule has 6 saturated heterocycles. The summed E-state index contributed by atoms with van der Waals surface area (Å²) in [5.74, 6) is 0.454. The molecule has 0 radical (unpaired) electrons. The van der Waals surface area contributed by atoms with E-state index in [-0.39, 0.29) is 58.0 Å². The van der Waals surface area contributed by atoms with Gasteiger partial charge in [-0.2, -0.15) is 0 Å². The van der Waals surface area contributed by atoms with Gasteiger partial charge in [-0.3, -0.25) is 9.80 Å². The van der Waals surface area contributed by atoms with Gasteiger partial charge in [-0.05, 0) is 80.3 Å². The Kier molecular flexibility index (Phi) is 6.22. The van der Waals surface area contributed by atoms with Crippen molar-refractivity contribution in [2.24, 2.45) is 10.8 Å². The van der Waals surface area contributed by atoms with Crippen LogP contribution in [0.1, 0.15) is 81.5 Å². The van der Waals surface area contributed by atoms with Gasteiger partial charge in [0.1, 0.15) is 6.10 Å². The van der Waals surface area contributed by atoms with E-state index >= 15 is 0 Å². The Balaban J connectivity index is 1.02. The van der Waals surface area contributed by atoms with Crippen molar-refractivity contribution in [3.05, 3.63) is 52.2 Å². The van der Waals surface area contributed by atoms with Gasteiger partial charge < -0.3 is 39.0 Å². The number of carbonyl (C=O) groups is 1. The fraction of sp³-hybridized carbons (Fsp3) is 0.651. The number of phenols is 1. The number of nitrogens with one attached hydrogen (secondary N) is 1. The van der Waals surface area contributed by atoms with Crippen molar-refractivity contribution >= 4 is 17.3 Å². The lowest BCUT2D eigenvalue weighted by molar-refractivity contribution is -0.137. The first kappa shape index (κ1) is 32.7. The van der Waals surface area contributed by atoms with E-state index in [2.05, 4.69) is 59.1 Å². The molecule has 11 nitrogen and oxygen atoms in total. The van der Waals surface area contributed by atoms with Crippen molar-refractivity contribution in [3.8, 4) is 17.2 Å². The quantitative estimate of drug-likeness (QED) is 0.238. The minimum absolute atomic E-state index is 0.00347. The van der Waals surface area contributed by atoms with Gasteiger partial charge in [0.15, 0.2) is 11.5 Å². The average molecular weight is 737 g/mol. The number of benzene rings is 2. The summed E-state index contributed by atoms with van der Waals surface area (Å²) in [4.78, 5) is 22.0. The number of likely N-dealkylation sites (N-methyl/N-ethyl adjacent to an activating group) is 1. The molecule has 2 aromatic rings.